The van der Waals surface area contributed by atoms with E-state index in [0.717, 1.165) is 31.8 Å². The molecule has 0 atom stereocenters. The Morgan fingerprint density at radius 1 is 1.08 bits per heavy atom. The molecule has 1 fully saturated rings. The van der Waals surface area contributed by atoms with Crippen LogP contribution in [-0.2, 0) is 4.79 Å². The molecule has 1 aliphatic rings. The van der Waals surface area contributed by atoms with Gasteiger partial charge in [-0.1, -0.05) is 13.0 Å². The lowest BCUT2D eigenvalue weighted by Gasteiger charge is -2.29. The Morgan fingerprint density at radius 3 is 2.54 bits per heavy atom. The number of anilines is 2. The van der Waals surface area contributed by atoms with Crippen LogP contribution < -0.4 is 10.6 Å². The van der Waals surface area contributed by atoms with E-state index in [1.807, 2.05) is 0 Å². The Kier molecular flexibility index (Phi) is 5.96. The van der Waals surface area contributed by atoms with Crippen LogP contribution in [0, 0.1) is 5.92 Å². The van der Waals surface area contributed by atoms with Crippen LogP contribution in [0.3, 0.4) is 0 Å². The van der Waals surface area contributed by atoms with Crippen LogP contribution in [0.5, 0.6) is 0 Å². The van der Waals surface area contributed by atoms with Gasteiger partial charge in [0.1, 0.15) is 0 Å². The normalized spacial score (nSPS) is 15.4. The van der Waals surface area contributed by atoms with Crippen LogP contribution >= 0.6 is 0 Å². The van der Waals surface area contributed by atoms with E-state index in [0.29, 0.717) is 23.5 Å². The number of carbonyl (C=O) groups excluding carboxylic acids is 2. The molecule has 26 heavy (non-hydrogen) atoms. The van der Waals surface area contributed by atoms with Gasteiger partial charge in [-0.3, -0.25) is 19.5 Å². The number of amides is 2. The summed E-state index contributed by atoms with van der Waals surface area (Å²) < 4.78 is 0. The third-order valence-electron chi connectivity index (χ3n) is 4.59. The maximum atomic E-state index is 12.3. The monoisotopic (exact) mass is 352 g/mol. The second kappa shape index (κ2) is 8.58. The zero-order chi connectivity index (χ0) is 18.4. The van der Waals surface area contributed by atoms with Crippen molar-refractivity contribution in [3.8, 4) is 0 Å². The minimum absolute atomic E-state index is 0.0498. The number of hydrogen-bond acceptors (Lipinski definition) is 4. The minimum atomic E-state index is -0.225. The first-order valence-corrected chi connectivity index (χ1v) is 8.94. The zero-order valence-electron chi connectivity index (χ0n) is 14.9. The Morgan fingerprint density at radius 2 is 1.81 bits per heavy atom. The average molecular weight is 352 g/mol. The Bertz CT molecular complexity index is 755. The smallest absolute Gasteiger partial charge is 0.255 e. The van der Waals surface area contributed by atoms with E-state index < -0.39 is 0 Å². The van der Waals surface area contributed by atoms with Crippen molar-refractivity contribution in [2.45, 2.75) is 19.8 Å². The standard InChI is InChI=1S/C20H24N4O2/c1-15-7-11-24(12-8-15)14-19(25)22-18-4-2-3-16(13-18)20(26)23-17-5-9-21-10-6-17/h2-6,9-10,13,15H,7-8,11-12,14H2,1H3,(H,22,25)(H,21,23,26). The largest absolute Gasteiger partial charge is 0.325 e. The molecule has 136 valence electrons. The SMILES string of the molecule is CC1CCN(CC(=O)Nc2cccc(C(=O)Nc3ccncc3)c2)CC1. The molecule has 0 bridgehead atoms. The lowest BCUT2D eigenvalue weighted by Crippen LogP contribution is -2.38. The fourth-order valence-corrected chi connectivity index (χ4v) is 3.00. The number of nitrogens with one attached hydrogen (secondary N) is 2. The Hall–Kier alpha value is -2.73. The van der Waals surface area contributed by atoms with Gasteiger partial charge >= 0.3 is 0 Å². The number of benzene rings is 1. The number of piperidine rings is 1. The van der Waals surface area contributed by atoms with E-state index in [-0.39, 0.29) is 11.8 Å². The summed E-state index contributed by atoms with van der Waals surface area (Å²) >= 11 is 0. The van der Waals surface area contributed by atoms with Crippen molar-refractivity contribution in [2.24, 2.45) is 5.92 Å². The molecule has 6 heteroatoms. The number of carbonyl (C=O) groups is 2. The van der Waals surface area contributed by atoms with Crippen molar-refractivity contribution in [3.63, 3.8) is 0 Å². The van der Waals surface area contributed by atoms with E-state index in [4.69, 9.17) is 0 Å². The molecule has 6 nitrogen and oxygen atoms in total. The lowest BCUT2D eigenvalue weighted by atomic mass is 9.99. The van der Waals surface area contributed by atoms with Gasteiger partial charge in [0.25, 0.3) is 5.91 Å². The van der Waals surface area contributed by atoms with E-state index in [2.05, 4.69) is 27.4 Å². The van der Waals surface area contributed by atoms with Crippen LogP contribution in [0.25, 0.3) is 0 Å². The predicted octanol–water partition coefficient (Wildman–Crippen LogP) is 3.00. The van der Waals surface area contributed by atoms with Gasteiger partial charge in [0, 0.05) is 29.3 Å². The molecule has 2 N–H and O–H groups in total. The van der Waals surface area contributed by atoms with Crippen LogP contribution in [0.2, 0.25) is 0 Å². The molecule has 2 heterocycles. The summed E-state index contributed by atoms with van der Waals surface area (Å²) in [6.07, 6.45) is 5.51. The quantitative estimate of drug-likeness (QED) is 0.867. The third kappa shape index (κ3) is 5.13. The van der Waals surface area contributed by atoms with Gasteiger partial charge in [0.15, 0.2) is 0 Å². The van der Waals surface area contributed by atoms with Gasteiger partial charge < -0.3 is 10.6 Å². The first kappa shape index (κ1) is 18.1. The molecule has 0 spiro atoms. The highest BCUT2D eigenvalue weighted by Crippen LogP contribution is 2.16. The maximum absolute atomic E-state index is 12.3. The molecule has 2 amide bonds. The number of hydrogen-bond donors (Lipinski definition) is 2. The van der Waals surface area contributed by atoms with Gasteiger partial charge in [0.05, 0.1) is 6.54 Å². The molecule has 3 rings (SSSR count). The number of aromatic nitrogens is 1. The second-order valence-corrected chi connectivity index (χ2v) is 6.78. The van der Waals surface area contributed by atoms with E-state index >= 15 is 0 Å². The number of rotatable bonds is 5. The van der Waals surface area contributed by atoms with Gasteiger partial charge in [0.2, 0.25) is 5.91 Å². The maximum Gasteiger partial charge on any atom is 0.255 e. The molecule has 0 aliphatic carbocycles. The van der Waals surface area contributed by atoms with Crippen molar-refractivity contribution in [2.75, 3.05) is 30.3 Å². The summed E-state index contributed by atoms with van der Waals surface area (Å²) in [6, 6.07) is 10.4. The van der Waals surface area contributed by atoms with Gasteiger partial charge in [-0.15, -0.1) is 0 Å². The Labute approximate surface area is 153 Å². The summed E-state index contributed by atoms with van der Waals surface area (Å²) in [7, 11) is 0. The van der Waals surface area contributed by atoms with Crippen LogP contribution in [-0.4, -0.2) is 41.3 Å². The van der Waals surface area contributed by atoms with E-state index in [1.54, 1.807) is 48.8 Å². The number of likely N-dealkylation sites (tertiary alicyclic amines) is 1. The van der Waals surface area contributed by atoms with E-state index in [9.17, 15) is 9.59 Å². The summed E-state index contributed by atoms with van der Waals surface area (Å²) in [5.41, 5.74) is 1.80. The van der Waals surface area contributed by atoms with Crippen molar-refractivity contribution in [1.29, 1.82) is 0 Å². The minimum Gasteiger partial charge on any atom is -0.325 e. The lowest BCUT2D eigenvalue weighted by molar-refractivity contribution is -0.117. The summed E-state index contributed by atoms with van der Waals surface area (Å²) in [6.45, 7) is 4.56. The molecule has 0 radical (unpaired) electrons. The van der Waals surface area contributed by atoms with Crippen LogP contribution in [0.1, 0.15) is 30.1 Å². The fraction of sp³-hybridized carbons (Fsp3) is 0.350. The molecule has 1 aromatic carbocycles. The average Bonchev–Trinajstić information content (AvgIpc) is 2.64. The molecular formula is C20H24N4O2. The second-order valence-electron chi connectivity index (χ2n) is 6.78. The predicted molar refractivity (Wildman–Crippen MR) is 102 cm³/mol. The van der Waals surface area contributed by atoms with Crippen LogP contribution in [0.15, 0.2) is 48.8 Å². The first-order chi connectivity index (χ1) is 12.6. The van der Waals surface area contributed by atoms with Crippen LogP contribution in [0.4, 0.5) is 11.4 Å². The highest BCUT2D eigenvalue weighted by molar-refractivity contribution is 6.05. The summed E-state index contributed by atoms with van der Waals surface area (Å²) in [4.78, 5) is 30.7. The number of pyridine rings is 1. The molecule has 2 aromatic rings. The van der Waals surface area contributed by atoms with Gasteiger partial charge in [-0.25, -0.2) is 0 Å². The highest BCUT2D eigenvalue weighted by atomic mass is 16.2. The summed E-state index contributed by atoms with van der Waals surface area (Å²) in [5, 5.41) is 5.70. The number of nitrogens with zero attached hydrogens (tertiary/aromatic N) is 2. The van der Waals surface area contributed by atoms with E-state index in [1.165, 1.54) is 0 Å². The molecule has 1 aliphatic heterocycles. The molecule has 1 saturated heterocycles. The first-order valence-electron chi connectivity index (χ1n) is 8.94. The van der Waals surface area contributed by atoms with Crippen molar-refractivity contribution in [1.82, 2.24) is 9.88 Å². The zero-order valence-corrected chi connectivity index (χ0v) is 14.9. The van der Waals surface area contributed by atoms with Gasteiger partial charge in [-0.2, -0.15) is 0 Å². The topological polar surface area (TPSA) is 74.3 Å². The van der Waals surface area contributed by atoms with Crippen molar-refractivity contribution < 1.29 is 9.59 Å². The third-order valence-corrected chi connectivity index (χ3v) is 4.59. The molecule has 0 saturated carbocycles. The van der Waals surface area contributed by atoms with Crippen molar-refractivity contribution in [3.05, 3.63) is 54.4 Å². The highest BCUT2D eigenvalue weighted by Gasteiger charge is 2.18. The molecule has 0 unspecified atom stereocenters. The Balaban J connectivity index is 1.56. The van der Waals surface area contributed by atoms with Gasteiger partial charge in [-0.05, 0) is 62.2 Å². The molecular weight excluding hydrogens is 328 g/mol. The summed E-state index contributed by atoms with van der Waals surface area (Å²) in [5.74, 6) is 0.466. The fourth-order valence-electron chi connectivity index (χ4n) is 3.00. The van der Waals surface area contributed by atoms with Crippen molar-refractivity contribution >= 4 is 23.2 Å². The molecule has 1 aromatic heterocycles.